The number of carbonyl (C=O) groups excluding carboxylic acids is 1. The smallest absolute Gasteiger partial charge is 0.173 e. The minimum Gasteiger partial charge on any atom is -0.329 e. The predicted octanol–water partition coefficient (Wildman–Crippen LogP) is 3.92. The first-order valence-electron chi connectivity index (χ1n) is 5.87. The van der Waals surface area contributed by atoms with Crippen molar-refractivity contribution in [2.24, 2.45) is 5.73 Å². The van der Waals surface area contributed by atoms with Crippen molar-refractivity contribution in [1.82, 2.24) is 0 Å². The van der Waals surface area contributed by atoms with Gasteiger partial charge in [-0.25, -0.2) is 0 Å². The number of hydrogen-bond acceptors (Lipinski definition) is 2. The lowest BCUT2D eigenvalue weighted by atomic mass is 9.91. The van der Waals surface area contributed by atoms with Gasteiger partial charge in [-0.15, -0.1) is 0 Å². The van der Waals surface area contributed by atoms with Gasteiger partial charge in [0.1, 0.15) is 0 Å². The highest BCUT2D eigenvalue weighted by atomic mass is 35.5. The molecule has 0 aliphatic rings. The molecule has 0 heterocycles. The van der Waals surface area contributed by atoms with E-state index in [4.69, 9.17) is 28.9 Å². The molecule has 2 aromatic rings. The third-order valence-corrected chi connectivity index (χ3v) is 3.51. The van der Waals surface area contributed by atoms with E-state index in [9.17, 15) is 4.79 Å². The third kappa shape index (κ3) is 3.16. The van der Waals surface area contributed by atoms with Gasteiger partial charge in [0.25, 0.3) is 0 Å². The van der Waals surface area contributed by atoms with Crippen LogP contribution < -0.4 is 5.73 Å². The van der Waals surface area contributed by atoms with E-state index < -0.39 is 5.92 Å². The van der Waals surface area contributed by atoms with Crippen LogP contribution in [0.5, 0.6) is 0 Å². The Bertz CT molecular complexity index is 584. The van der Waals surface area contributed by atoms with Gasteiger partial charge in [-0.05, 0) is 23.8 Å². The molecule has 19 heavy (non-hydrogen) atoms. The molecule has 2 aromatic carbocycles. The fraction of sp³-hybridized carbons (Fsp3) is 0.133. The molecule has 0 spiro atoms. The van der Waals surface area contributed by atoms with Crippen molar-refractivity contribution >= 4 is 29.0 Å². The number of carbonyl (C=O) groups is 1. The molecule has 0 radical (unpaired) electrons. The van der Waals surface area contributed by atoms with Gasteiger partial charge in [0, 0.05) is 17.1 Å². The number of halogens is 2. The Labute approximate surface area is 122 Å². The summed E-state index contributed by atoms with van der Waals surface area (Å²) in [7, 11) is 0. The summed E-state index contributed by atoms with van der Waals surface area (Å²) in [6, 6.07) is 14.3. The zero-order chi connectivity index (χ0) is 13.8. The molecule has 4 heteroatoms. The molecule has 0 saturated heterocycles. The summed E-state index contributed by atoms with van der Waals surface area (Å²) in [5.74, 6) is -0.515. The van der Waals surface area contributed by atoms with E-state index in [-0.39, 0.29) is 12.3 Å². The summed E-state index contributed by atoms with van der Waals surface area (Å²) in [6.07, 6.45) is 0. The Kier molecular flexibility index (Phi) is 4.59. The van der Waals surface area contributed by atoms with E-state index in [1.54, 1.807) is 18.2 Å². The maximum absolute atomic E-state index is 12.5. The molecular formula is C15H13Cl2NO. The van der Waals surface area contributed by atoms with Gasteiger partial charge in [0.05, 0.1) is 10.9 Å². The number of Topliss-reactive ketones (excluding diaryl/α,β-unsaturated/α-hetero) is 1. The Morgan fingerprint density at radius 1 is 1.11 bits per heavy atom. The van der Waals surface area contributed by atoms with Crippen LogP contribution in [-0.4, -0.2) is 12.3 Å². The summed E-state index contributed by atoms with van der Waals surface area (Å²) in [4.78, 5) is 12.5. The van der Waals surface area contributed by atoms with Gasteiger partial charge >= 0.3 is 0 Å². The van der Waals surface area contributed by atoms with E-state index in [0.29, 0.717) is 15.6 Å². The van der Waals surface area contributed by atoms with Gasteiger partial charge in [-0.2, -0.15) is 0 Å². The van der Waals surface area contributed by atoms with Gasteiger partial charge in [-0.1, -0.05) is 53.5 Å². The highest BCUT2D eigenvalue weighted by Gasteiger charge is 2.22. The molecule has 0 bridgehead atoms. The minimum absolute atomic E-state index is 0.110. The van der Waals surface area contributed by atoms with Crippen LogP contribution >= 0.6 is 23.2 Å². The second-order valence-electron chi connectivity index (χ2n) is 4.19. The van der Waals surface area contributed by atoms with Crippen LogP contribution in [0, 0.1) is 0 Å². The van der Waals surface area contributed by atoms with Crippen molar-refractivity contribution < 1.29 is 4.79 Å². The topological polar surface area (TPSA) is 43.1 Å². The minimum atomic E-state index is -0.405. The molecule has 0 fully saturated rings. The maximum atomic E-state index is 12.5. The van der Waals surface area contributed by atoms with E-state index >= 15 is 0 Å². The first-order chi connectivity index (χ1) is 9.13. The van der Waals surface area contributed by atoms with Crippen LogP contribution in [0.25, 0.3) is 0 Å². The first kappa shape index (κ1) is 14.1. The van der Waals surface area contributed by atoms with E-state index in [1.807, 2.05) is 30.3 Å². The second kappa shape index (κ2) is 6.20. The van der Waals surface area contributed by atoms with Crippen molar-refractivity contribution in [3.05, 3.63) is 69.7 Å². The quantitative estimate of drug-likeness (QED) is 0.868. The monoisotopic (exact) mass is 293 g/mol. The second-order valence-corrected chi connectivity index (χ2v) is 5.03. The van der Waals surface area contributed by atoms with Crippen molar-refractivity contribution in [1.29, 1.82) is 0 Å². The molecule has 0 saturated carbocycles. The molecule has 1 atom stereocenters. The van der Waals surface area contributed by atoms with Crippen LogP contribution in [-0.2, 0) is 0 Å². The zero-order valence-corrected chi connectivity index (χ0v) is 11.7. The Morgan fingerprint density at radius 2 is 1.79 bits per heavy atom. The molecule has 0 aliphatic carbocycles. The molecular weight excluding hydrogens is 281 g/mol. The first-order valence-corrected chi connectivity index (χ1v) is 6.63. The predicted molar refractivity (Wildman–Crippen MR) is 79.0 cm³/mol. The highest BCUT2D eigenvalue weighted by molar-refractivity contribution is 6.36. The number of hydrogen-bond donors (Lipinski definition) is 1. The summed E-state index contributed by atoms with van der Waals surface area (Å²) >= 11 is 12.0. The molecule has 2 nitrogen and oxygen atoms in total. The van der Waals surface area contributed by atoms with Gasteiger partial charge in [0.2, 0.25) is 0 Å². The Morgan fingerprint density at radius 3 is 2.42 bits per heavy atom. The number of rotatable bonds is 4. The molecule has 0 aromatic heterocycles. The fourth-order valence-corrected chi connectivity index (χ4v) is 2.34. The molecule has 0 amide bonds. The van der Waals surface area contributed by atoms with Crippen LogP contribution in [0.3, 0.4) is 0 Å². The molecule has 98 valence electrons. The van der Waals surface area contributed by atoms with Gasteiger partial charge < -0.3 is 5.73 Å². The summed E-state index contributed by atoms with van der Waals surface area (Å²) in [5.41, 5.74) is 7.03. The lowest BCUT2D eigenvalue weighted by Gasteiger charge is -2.15. The third-order valence-electron chi connectivity index (χ3n) is 2.95. The molecule has 2 rings (SSSR count). The van der Waals surface area contributed by atoms with E-state index in [0.717, 1.165) is 5.56 Å². The summed E-state index contributed by atoms with van der Waals surface area (Å²) in [5, 5.41) is 0.875. The Balaban J connectivity index is 2.39. The van der Waals surface area contributed by atoms with E-state index in [2.05, 4.69) is 0 Å². The van der Waals surface area contributed by atoms with Crippen LogP contribution in [0.2, 0.25) is 10.0 Å². The van der Waals surface area contributed by atoms with Gasteiger partial charge in [-0.3, -0.25) is 4.79 Å². The molecule has 0 aliphatic heterocycles. The van der Waals surface area contributed by atoms with Gasteiger partial charge in [0.15, 0.2) is 5.78 Å². The van der Waals surface area contributed by atoms with Crippen LogP contribution in [0.4, 0.5) is 0 Å². The Hall–Kier alpha value is -1.35. The summed E-state index contributed by atoms with van der Waals surface area (Å²) in [6.45, 7) is 0.228. The van der Waals surface area contributed by atoms with Crippen molar-refractivity contribution in [2.75, 3.05) is 6.54 Å². The standard InChI is InChI=1S/C15H13Cl2NO/c16-11-6-7-14(17)12(8-11)15(19)13(9-18)10-4-2-1-3-5-10/h1-8,13H,9,18H2. The zero-order valence-electron chi connectivity index (χ0n) is 10.1. The van der Waals surface area contributed by atoms with Crippen molar-refractivity contribution in [2.45, 2.75) is 5.92 Å². The molecule has 1 unspecified atom stereocenters. The number of ketones is 1. The van der Waals surface area contributed by atoms with Crippen molar-refractivity contribution in [3.8, 4) is 0 Å². The van der Waals surface area contributed by atoms with E-state index in [1.165, 1.54) is 0 Å². The van der Waals surface area contributed by atoms with Crippen LogP contribution in [0.15, 0.2) is 48.5 Å². The maximum Gasteiger partial charge on any atom is 0.173 e. The number of nitrogens with two attached hydrogens (primary N) is 1. The summed E-state index contributed by atoms with van der Waals surface area (Å²) < 4.78 is 0. The lowest BCUT2D eigenvalue weighted by molar-refractivity contribution is 0.0962. The largest absolute Gasteiger partial charge is 0.329 e. The average molecular weight is 294 g/mol. The van der Waals surface area contributed by atoms with Crippen molar-refractivity contribution in [3.63, 3.8) is 0 Å². The SMILES string of the molecule is NCC(C(=O)c1cc(Cl)ccc1Cl)c1ccccc1. The fourth-order valence-electron chi connectivity index (χ4n) is 1.95. The molecule has 2 N–H and O–H groups in total. The average Bonchev–Trinajstić information content (AvgIpc) is 2.43. The normalized spacial score (nSPS) is 12.2. The van der Waals surface area contributed by atoms with Crippen LogP contribution in [0.1, 0.15) is 21.8 Å². The lowest BCUT2D eigenvalue weighted by Crippen LogP contribution is -2.22. The highest BCUT2D eigenvalue weighted by Crippen LogP contribution is 2.27. The number of benzene rings is 2.